The summed E-state index contributed by atoms with van der Waals surface area (Å²) >= 11 is 0. The van der Waals surface area contributed by atoms with Crippen LogP contribution in [0.5, 0.6) is 0 Å². The lowest BCUT2D eigenvalue weighted by Crippen LogP contribution is -1.98. The van der Waals surface area contributed by atoms with Gasteiger partial charge >= 0.3 is 5.97 Å². The van der Waals surface area contributed by atoms with Gasteiger partial charge in [0.1, 0.15) is 5.82 Å². The van der Waals surface area contributed by atoms with E-state index in [1.807, 2.05) is 40.9 Å². The second kappa shape index (κ2) is 5.17. The number of aromatic carboxylic acids is 1. The monoisotopic (exact) mass is 266 g/mol. The van der Waals surface area contributed by atoms with Gasteiger partial charge in [-0.2, -0.15) is 0 Å². The van der Waals surface area contributed by atoms with E-state index in [1.54, 1.807) is 6.07 Å². The lowest BCUT2D eigenvalue weighted by atomic mass is 10.1. The van der Waals surface area contributed by atoms with Crippen LogP contribution in [0.3, 0.4) is 0 Å². The van der Waals surface area contributed by atoms with Crippen LogP contribution in [0, 0.1) is 0 Å². The molecule has 4 heteroatoms. The maximum absolute atomic E-state index is 11.2. The molecule has 1 aromatic carbocycles. The number of hydrogen-bond donors (Lipinski definition) is 1. The number of carboxylic acid groups (broad SMARTS) is 1. The number of hydrogen-bond acceptors (Lipinski definition) is 2. The number of fused-ring (bicyclic) bond motifs is 1. The van der Waals surface area contributed by atoms with Gasteiger partial charge < -0.3 is 9.51 Å². The van der Waals surface area contributed by atoms with Crippen molar-refractivity contribution in [3.05, 3.63) is 71.8 Å². The van der Waals surface area contributed by atoms with Crippen molar-refractivity contribution in [1.29, 1.82) is 0 Å². The number of nitrogens with zero attached hydrogens (tertiary/aromatic N) is 2. The third kappa shape index (κ3) is 2.28. The van der Waals surface area contributed by atoms with E-state index in [4.69, 9.17) is 0 Å². The molecule has 0 aliphatic carbocycles. The topological polar surface area (TPSA) is 54.6 Å². The Morgan fingerprint density at radius 3 is 2.55 bits per heavy atom. The minimum absolute atomic E-state index is 0.119. The first-order valence-electron chi connectivity index (χ1n) is 6.49. The second-order valence-corrected chi connectivity index (χ2v) is 4.62. The van der Waals surface area contributed by atoms with Gasteiger partial charge in [0.2, 0.25) is 0 Å². The minimum Gasteiger partial charge on any atom is -0.476 e. The minimum atomic E-state index is -0.986. The molecule has 0 unspecified atom stereocenters. The van der Waals surface area contributed by atoms with Crippen LogP contribution >= 0.6 is 0 Å². The number of benzene rings is 1. The predicted molar refractivity (Wildman–Crippen MR) is 76.0 cm³/mol. The second-order valence-electron chi connectivity index (χ2n) is 4.62. The van der Waals surface area contributed by atoms with Crippen LogP contribution in [-0.2, 0) is 12.8 Å². The van der Waals surface area contributed by atoms with Gasteiger partial charge in [-0.05, 0) is 24.1 Å². The molecule has 0 amide bonds. The zero-order valence-corrected chi connectivity index (χ0v) is 10.9. The Bertz CT molecular complexity index is 748. The lowest BCUT2D eigenvalue weighted by Gasteiger charge is -2.01. The van der Waals surface area contributed by atoms with Crippen molar-refractivity contribution in [2.75, 3.05) is 0 Å². The first kappa shape index (κ1) is 12.4. The zero-order chi connectivity index (χ0) is 13.9. The fourth-order valence-corrected chi connectivity index (χ4v) is 2.34. The molecule has 0 fully saturated rings. The van der Waals surface area contributed by atoms with Crippen molar-refractivity contribution in [3.63, 3.8) is 0 Å². The van der Waals surface area contributed by atoms with Gasteiger partial charge in [0, 0.05) is 12.6 Å². The summed E-state index contributed by atoms with van der Waals surface area (Å²) < 4.78 is 1.85. The largest absolute Gasteiger partial charge is 0.476 e. The molecule has 0 atom stereocenters. The number of carboxylic acids is 1. The van der Waals surface area contributed by atoms with Gasteiger partial charge in [-0.3, -0.25) is 0 Å². The molecule has 0 saturated heterocycles. The average molecular weight is 266 g/mol. The third-order valence-corrected chi connectivity index (χ3v) is 3.30. The summed E-state index contributed by atoms with van der Waals surface area (Å²) in [6.45, 7) is 0. The molecular formula is C16H14N2O2. The molecule has 0 aliphatic heterocycles. The Hall–Kier alpha value is -2.62. The van der Waals surface area contributed by atoms with Crippen LogP contribution in [0.1, 0.15) is 21.9 Å². The first-order chi connectivity index (χ1) is 9.75. The molecule has 100 valence electrons. The summed E-state index contributed by atoms with van der Waals surface area (Å²) in [5.74, 6) is -0.207. The number of imidazole rings is 1. The molecule has 0 spiro atoms. The highest BCUT2D eigenvalue weighted by Gasteiger charge is 2.15. The molecule has 2 heterocycles. The van der Waals surface area contributed by atoms with Gasteiger partial charge in [0.15, 0.2) is 5.69 Å². The molecule has 4 nitrogen and oxygen atoms in total. The molecule has 2 aromatic heterocycles. The van der Waals surface area contributed by atoms with E-state index in [2.05, 4.69) is 17.1 Å². The maximum atomic E-state index is 11.2. The number of aryl methyl sites for hydroxylation is 2. The Morgan fingerprint density at radius 1 is 1.05 bits per heavy atom. The van der Waals surface area contributed by atoms with Crippen molar-refractivity contribution in [3.8, 4) is 0 Å². The number of rotatable bonds is 4. The zero-order valence-electron chi connectivity index (χ0n) is 10.9. The fraction of sp³-hybridized carbons (Fsp3) is 0.125. The van der Waals surface area contributed by atoms with E-state index in [-0.39, 0.29) is 5.69 Å². The predicted octanol–water partition coefficient (Wildman–Crippen LogP) is 2.82. The molecule has 0 bridgehead atoms. The van der Waals surface area contributed by atoms with Gasteiger partial charge in [0.05, 0.1) is 5.52 Å². The van der Waals surface area contributed by atoms with E-state index < -0.39 is 5.97 Å². The molecule has 3 rings (SSSR count). The van der Waals surface area contributed by atoms with Crippen LogP contribution < -0.4 is 0 Å². The first-order valence-corrected chi connectivity index (χ1v) is 6.49. The van der Waals surface area contributed by atoms with E-state index >= 15 is 0 Å². The van der Waals surface area contributed by atoms with Crippen molar-refractivity contribution >= 4 is 11.5 Å². The van der Waals surface area contributed by atoms with Crippen LogP contribution in [0.15, 0.2) is 54.7 Å². The Labute approximate surface area is 116 Å². The molecule has 1 N–H and O–H groups in total. The Kier molecular flexibility index (Phi) is 3.21. The van der Waals surface area contributed by atoms with Crippen LogP contribution in [-0.4, -0.2) is 20.5 Å². The molecule has 0 radical (unpaired) electrons. The Balaban J connectivity index is 1.94. The third-order valence-electron chi connectivity index (χ3n) is 3.30. The molecule has 0 aliphatic rings. The molecule has 20 heavy (non-hydrogen) atoms. The number of carbonyl (C=O) groups is 1. The van der Waals surface area contributed by atoms with Crippen LogP contribution in [0.25, 0.3) is 5.52 Å². The summed E-state index contributed by atoms with van der Waals surface area (Å²) in [5.41, 5.74) is 1.98. The number of pyridine rings is 1. The van der Waals surface area contributed by atoms with Gasteiger partial charge in [-0.25, -0.2) is 9.78 Å². The van der Waals surface area contributed by atoms with Crippen molar-refractivity contribution in [2.24, 2.45) is 0 Å². The van der Waals surface area contributed by atoms with E-state index in [0.29, 0.717) is 11.9 Å². The fourth-order valence-electron chi connectivity index (χ4n) is 2.34. The normalized spacial score (nSPS) is 10.8. The van der Waals surface area contributed by atoms with Crippen LogP contribution in [0.4, 0.5) is 0 Å². The summed E-state index contributed by atoms with van der Waals surface area (Å²) in [6.07, 6.45) is 3.41. The molecule has 0 saturated carbocycles. The van der Waals surface area contributed by atoms with Crippen molar-refractivity contribution in [1.82, 2.24) is 9.38 Å². The smallest absolute Gasteiger partial charge is 0.356 e. The summed E-state index contributed by atoms with van der Waals surface area (Å²) in [5, 5.41) is 9.21. The van der Waals surface area contributed by atoms with Crippen molar-refractivity contribution in [2.45, 2.75) is 12.8 Å². The quantitative estimate of drug-likeness (QED) is 0.790. The van der Waals surface area contributed by atoms with E-state index in [0.717, 1.165) is 12.2 Å². The molecule has 3 aromatic rings. The summed E-state index contributed by atoms with van der Waals surface area (Å²) in [6, 6.07) is 15.6. The standard InChI is InChI=1S/C16H14N2O2/c19-16(20)15-13-8-4-5-11-18(13)14(17-15)10-9-12-6-2-1-3-7-12/h1-8,11H,9-10H2,(H,19,20). The Morgan fingerprint density at radius 2 is 1.80 bits per heavy atom. The van der Waals surface area contributed by atoms with E-state index in [1.165, 1.54) is 5.56 Å². The molecular weight excluding hydrogens is 252 g/mol. The highest BCUT2D eigenvalue weighted by atomic mass is 16.4. The SMILES string of the molecule is O=C(O)c1nc(CCc2ccccc2)n2ccccc12. The lowest BCUT2D eigenvalue weighted by molar-refractivity contribution is 0.0693. The summed E-state index contributed by atoms with van der Waals surface area (Å²) in [7, 11) is 0. The van der Waals surface area contributed by atoms with Gasteiger partial charge in [-0.1, -0.05) is 36.4 Å². The number of aromatic nitrogens is 2. The van der Waals surface area contributed by atoms with Crippen LogP contribution in [0.2, 0.25) is 0 Å². The highest BCUT2D eigenvalue weighted by Crippen LogP contribution is 2.15. The average Bonchev–Trinajstić information content (AvgIpc) is 2.85. The maximum Gasteiger partial charge on any atom is 0.356 e. The van der Waals surface area contributed by atoms with Gasteiger partial charge in [-0.15, -0.1) is 0 Å². The summed E-state index contributed by atoms with van der Waals surface area (Å²) in [4.78, 5) is 15.5. The van der Waals surface area contributed by atoms with Crippen molar-refractivity contribution < 1.29 is 9.90 Å². The van der Waals surface area contributed by atoms with Gasteiger partial charge in [0.25, 0.3) is 0 Å². The van der Waals surface area contributed by atoms with E-state index in [9.17, 15) is 9.90 Å². The highest BCUT2D eigenvalue weighted by molar-refractivity contribution is 5.93.